The second-order valence-corrected chi connectivity index (χ2v) is 13.2. The molecule has 11 heteroatoms. The Bertz CT molecular complexity index is 1420. The van der Waals surface area contributed by atoms with Gasteiger partial charge in [-0.25, -0.2) is 18.2 Å². The molecule has 0 unspecified atom stereocenters. The van der Waals surface area contributed by atoms with Gasteiger partial charge in [0.1, 0.15) is 4.88 Å². The van der Waals surface area contributed by atoms with Crippen LogP contribution in [0.2, 0.25) is 0 Å². The second-order valence-electron chi connectivity index (χ2n) is 10.3. The summed E-state index contributed by atoms with van der Waals surface area (Å²) in [7, 11) is -3.87. The molecule has 0 spiro atoms. The fraction of sp³-hybridized carbons (Fsp3) is 0.414. The van der Waals surface area contributed by atoms with Crippen molar-refractivity contribution in [2.45, 2.75) is 63.4 Å². The molecule has 0 saturated carbocycles. The van der Waals surface area contributed by atoms with E-state index in [4.69, 9.17) is 0 Å². The van der Waals surface area contributed by atoms with Gasteiger partial charge in [-0.15, -0.1) is 0 Å². The van der Waals surface area contributed by atoms with Crippen LogP contribution in [0.4, 0.5) is 5.13 Å². The molecule has 0 bridgehead atoms. The van der Waals surface area contributed by atoms with E-state index >= 15 is 0 Å². The number of hydrogen-bond acceptors (Lipinski definition) is 7. The van der Waals surface area contributed by atoms with Crippen molar-refractivity contribution in [3.05, 3.63) is 76.3 Å². The van der Waals surface area contributed by atoms with Crippen molar-refractivity contribution in [2.75, 3.05) is 24.5 Å². The lowest BCUT2D eigenvalue weighted by molar-refractivity contribution is -0.122. The van der Waals surface area contributed by atoms with E-state index in [2.05, 4.69) is 31.1 Å². The minimum Gasteiger partial charge on any atom is -0.477 e. The minimum absolute atomic E-state index is 0.0368. The summed E-state index contributed by atoms with van der Waals surface area (Å²) >= 11 is 1.04. The van der Waals surface area contributed by atoms with E-state index in [0.29, 0.717) is 24.1 Å². The highest BCUT2D eigenvalue weighted by Gasteiger charge is 2.38. The van der Waals surface area contributed by atoms with E-state index in [1.807, 2.05) is 41.3 Å². The van der Waals surface area contributed by atoms with Crippen molar-refractivity contribution >= 4 is 38.4 Å². The number of rotatable bonds is 11. The predicted molar refractivity (Wildman–Crippen MR) is 156 cm³/mol. The van der Waals surface area contributed by atoms with Crippen LogP contribution in [0.5, 0.6) is 0 Å². The highest BCUT2D eigenvalue weighted by atomic mass is 32.2. The zero-order valence-corrected chi connectivity index (χ0v) is 24.7. The van der Waals surface area contributed by atoms with Crippen LogP contribution >= 0.6 is 11.3 Å². The van der Waals surface area contributed by atoms with E-state index in [-0.39, 0.29) is 35.2 Å². The number of carboxylic acid groups (broad SMARTS) is 1. The maximum absolute atomic E-state index is 13.7. The number of sulfonamides is 1. The van der Waals surface area contributed by atoms with Gasteiger partial charge >= 0.3 is 5.97 Å². The average molecular weight is 585 g/mol. The Balaban J connectivity index is 1.52. The molecule has 1 atom stereocenters. The zero-order valence-electron chi connectivity index (χ0n) is 23.0. The fourth-order valence-corrected chi connectivity index (χ4v) is 7.16. The first kappa shape index (κ1) is 29.7. The number of nitrogens with one attached hydrogen (secondary N) is 1. The van der Waals surface area contributed by atoms with E-state index in [1.54, 1.807) is 12.1 Å². The maximum atomic E-state index is 13.7. The standard InChI is InChI=1S/C29H36N4O5S2/c1-4-5-21-8-12-25(13-9-21)40(37,38)33-15-14-32(29-31-18-26(39-29)28(35)36)19-24(33)16-27(34)30-17-22-6-10-23(11-7-22)20(2)3/h6-13,18,20,24H,4-5,14-17,19H2,1-3H3,(H,30,34)(H,35,36)/t24-/m0/s1. The lowest BCUT2D eigenvalue weighted by Crippen LogP contribution is -2.56. The van der Waals surface area contributed by atoms with E-state index in [9.17, 15) is 23.1 Å². The van der Waals surface area contributed by atoms with Crippen LogP contribution in [0.3, 0.4) is 0 Å². The number of anilines is 1. The van der Waals surface area contributed by atoms with Gasteiger partial charge in [0, 0.05) is 32.6 Å². The van der Waals surface area contributed by atoms with Crippen LogP contribution in [0.25, 0.3) is 0 Å². The van der Waals surface area contributed by atoms with E-state index < -0.39 is 22.0 Å². The number of carbonyl (C=O) groups excluding carboxylic acids is 1. The molecule has 4 rings (SSSR count). The largest absolute Gasteiger partial charge is 0.477 e. The number of carbonyl (C=O) groups is 2. The molecular weight excluding hydrogens is 548 g/mol. The first-order valence-electron chi connectivity index (χ1n) is 13.5. The first-order valence-corrected chi connectivity index (χ1v) is 15.7. The highest BCUT2D eigenvalue weighted by molar-refractivity contribution is 7.89. The number of hydrogen-bond donors (Lipinski definition) is 2. The molecule has 1 saturated heterocycles. The lowest BCUT2D eigenvalue weighted by Gasteiger charge is -2.40. The normalized spacial score (nSPS) is 16.3. The number of amides is 1. The zero-order chi connectivity index (χ0) is 28.9. The lowest BCUT2D eigenvalue weighted by atomic mass is 10.0. The van der Waals surface area contributed by atoms with E-state index in [1.165, 1.54) is 16.1 Å². The third-order valence-corrected chi connectivity index (χ3v) is 10.0. The summed E-state index contributed by atoms with van der Waals surface area (Å²) in [5.74, 6) is -0.907. The summed E-state index contributed by atoms with van der Waals surface area (Å²) in [5, 5.41) is 12.7. The summed E-state index contributed by atoms with van der Waals surface area (Å²) in [6.07, 6.45) is 3.10. The molecule has 1 aliphatic heterocycles. The average Bonchev–Trinajstić information content (AvgIpc) is 3.44. The van der Waals surface area contributed by atoms with Gasteiger partial charge in [0.2, 0.25) is 15.9 Å². The first-order chi connectivity index (χ1) is 19.1. The predicted octanol–water partition coefficient (Wildman–Crippen LogP) is 4.50. The highest BCUT2D eigenvalue weighted by Crippen LogP contribution is 2.29. The topological polar surface area (TPSA) is 120 Å². The van der Waals surface area contributed by atoms with E-state index in [0.717, 1.165) is 35.3 Å². The quantitative estimate of drug-likeness (QED) is 0.340. The molecule has 2 heterocycles. The number of carboxylic acids is 1. The molecule has 9 nitrogen and oxygen atoms in total. The molecule has 3 aromatic rings. The molecule has 1 fully saturated rings. The van der Waals surface area contributed by atoms with Gasteiger partial charge in [0.25, 0.3) is 0 Å². The van der Waals surface area contributed by atoms with Gasteiger partial charge in [-0.2, -0.15) is 4.31 Å². The molecule has 2 aromatic carbocycles. The van der Waals surface area contributed by atoms with Gasteiger partial charge in [-0.05, 0) is 41.2 Å². The van der Waals surface area contributed by atoms with Crippen molar-refractivity contribution in [1.82, 2.24) is 14.6 Å². The smallest absolute Gasteiger partial charge is 0.347 e. The molecule has 40 heavy (non-hydrogen) atoms. The van der Waals surface area contributed by atoms with Crippen LogP contribution in [-0.4, -0.2) is 60.4 Å². The molecule has 1 amide bonds. The van der Waals surface area contributed by atoms with Crippen molar-refractivity contribution in [3.8, 4) is 0 Å². The van der Waals surface area contributed by atoms with Crippen LogP contribution in [0.15, 0.2) is 59.6 Å². The third kappa shape index (κ3) is 7.07. The number of benzene rings is 2. The van der Waals surface area contributed by atoms with Gasteiger partial charge in [-0.3, -0.25) is 4.79 Å². The molecular formula is C29H36N4O5S2. The van der Waals surface area contributed by atoms with Crippen molar-refractivity contribution in [3.63, 3.8) is 0 Å². The third-order valence-electron chi connectivity index (χ3n) is 7.03. The Kier molecular flexibility index (Phi) is 9.60. The van der Waals surface area contributed by atoms with Gasteiger partial charge < -0.3 is 15.3 Å². The van der Waals surface area contributed by atoms with Crippen LogP contribution in [-0.2, 0) is 27.8 Å². The summed E-state index contributed by atoms with van der Waals surface area (Å²) in [6, 6.07) is 14.3. The molecule has 0 aliphatic carbocycles. The summed E-state index contributed by atoms with van der Waals surface area (Å²) in [4.78, 5) is 30.8. The Morgan fingerprint density at radius 2 is 1.75 bits per heavy atom. The number of aromatic nitrogens is 1. The van der Waals surface area contributed by atoms with Gasteiger partial charge in [0.05, 0.1) is 17.1 Å². The SMILES string of the molecule is CCCc1ccc(S(=O)(=O)N2CCN(c3ncc(C(=O)O)s3)C[C@@H]2CC(=O)NCc2ccc(C(C)C)cc2)cc1. The fourth-order valence-electron chi connectivity index (χ4n) is 4.76. The summed E-state index contributed by atoms with van der Waals surface area (Å²) < 4.78 is 28.9. The minimum atomic E-state index is -3.87. The van der Waals surface area contributed by atoms with Crippen LogP contribution < -0.4 is 10.2 Å². The van der Waals surface area contributed by atoms with Gasteiger partial charge in [-0.1, -0.05) is 74.9 Å². The van der Waals surface area contributed by atoms with Crippen molar-refractivity contribution in [1.29, 1.82) is 0 Å². The number of nitrogens with zero attached hydrogens (tertiary/aromatic N) is 3. The monoisotopic (exact) mass is 584 g/mol. The maximum Gasteiger partial charge on any atom is 0.347 e. The molecule has 0 radical (unpaired) electrons. The number of piperazine rings is 1. The number of thiazole rings is 1. The number of aromatic carboxylic acids is 1. The summed E-state index contributed by atoms with van der Waals surface area (Å²) in [5.41, 5.74) is 3.25. The molecule has 1 aromatic heterocycles. The van der Waals surface area contributed by atoms with Crippen LogP contribution in [0, 0.1) is 0 Å². The second kappa shape index (κ2) is 12.9. The van der Waals surface area contributed by atoms with Gasteiger partial charge in [0.15, 0.2) is 5.13 Å². The number of aryl methyl sites for hydroxylation is 1. The Hall–Kier alpha value is -3.28. The Morgan fingerprint density at radius 1 is 1.07 bits per heavy atom. The van der Waals surface area contributed by atoms with Crippen molar-refractivity contribution < 1.29 is 23.1 Å². The molecule has 2 N–H and O–H groups in total. The Labute approximate surface area is 239 Å². The molecule has 1 aliphatic rings. The molecule has 214 valence electrons. The van der Waals surface area contributed by atoms with Crippen LogP contribution in [0.1, 0.15) is 65.9 Å². The van der Waals surface area contributed by atoms with Crippen molar-refractivity contribution in [2.24, 2.45) is 0 Å². The summed E-state index contributed by atoms with van der Waals surface area (Å²) in [6.45, 7) is 7.36. The Morgan fingerprint density at radius 3 is 2.35 bits per heavy atom.